The molecule has 0 aliphatic rings. The molecular weight excluding hydrogens is 334 g/mol. The van der Waals surface area contributed by atoms with Crippen molar-refractivity contribution in [3.05, 3.63) is 27.1 Å². The zero-order valence-corrected chi connectivity index (χ0v) is 12.4. The van der Waals surface area contributed by atoms with Crippen LogP contribution in [0.3, 0.4) is 0 Å². The summed E-state index contributed by atoms with van der Waals surface area (Å²) < 4.78 is 7.71. The summed E-state index contributed by atoms with van der Waals surface area (Å²) in [6.45, 7) is 1.56. The highest BCUT2D eigenvalue weighted by molar-refractivity contribution is 9.11. The first-order valence-corrected chi connectivity index (χ1v) is 7.10. The van der Waals surface area contributed by atoms with Crippen LogP contribution in [-0.2, 0) is 0 Å². The molecule has 0 aliphatic carbocycles. The Morgan fingerprint density at radius 1 is 1.06 bits per heavy atom. The van der Waals surface area contributed by atoms with Crippen LogP contribution in [0.2, 0.25) is 0 Å². The van der Waals surface area contributed by atoms with E-state index < -0.39 is 0 Å². The molecule has 0 spiro atoms. The Morgan fingerprint density at radius 2 is 1.81 bits per heavy atom. The molecule has 0 saturated heterocycles. The second kappa shape index (κ2) is 8.09. The van der Waals surface area contributed by atoms with Crippen molar-refractivity contribution in [2.24, 2.45) is 5.73 Å². The zero-order valence-electron chi connectivity index (χ0n) is 9.22. The van der Waals surface area contributed by atoms with Gasteiger partial charge in [0.1, 0.15) is 5.75 Å². The van der Waals surface area contributed by atoms with E-state index in [0.29, 0.717) is 0 Å². The fourth-order valence-corrected chi connectivity index (χ4v) is 2.54. The molecule has 1 rings (SSSR count). The molecule has 0 atom stereocenters. The molecule has 16 heavy (non-hydrogen) atoms. The number of nitrogens with two attached hydrogens (primary N) is 1. The van der Waals surface area contributed by atoms with E-state index in [4.69, 9.17) is 10.5 Å². The third kappa shape index (κ3) is 5.32. The third-order valence-electron chi connectivity index (χ3n) is 2.25. The minimum absolute atomic E-state index is 0.769. The molecule has 0 aliphatic heterocycles. The molecular formula is C12H17Br2NO. The predicted octanol–water partition coefficient (Wildman–Crippen LogP) is 4.11. The van der Waals surface area contributed by atoms with Crippen molar-refractivity contribution in [1.82, 2.24) is 0 Å². The summed E-state index contributed by atoms with van der Waals surface area (Å²) in [4.78, 5) is 0. The summed E-state index contributed by atoms with van der Waals surface area (Å²) in [7, 11) is 0. The molecule has 0 heterocycles. The van der Waals surface area contributed by atoms with Gasteiger partial charge in [-0.05, 0) is 53.5 Å². The van der Waals surface area contributed by atoms with Gasteiger partial charge < -0.3 is 10.5 Å². The van der Waals surface area contributed by atoms with Gasteiger partial charge in [0.15, 0.2) is 0 Å². The molecule has 0 bridgehead atoms. The number of halogens is 2. The van der Waals surface area contributed by atoms with Crippen LogP contribution >= 0.6 is 31.9 Å². The van der Waals surface area contributed by atoms with Crippen molar-refractivity contribution in [3.8, 4) is 5.75 Å². The van der Waals surface area contributed by atoms with Gasteiger partial charge in [0.2, 0.25) is 0 Å². The van der Waals surface area contributed by atoms with Gasteiger partial charge in [0.05, 0.1) is 11.1 Å². The largest absolute Gasteiger partial charge is 0.492 e. The Bertz CT molecular complexity index is 318. The first-order chi connectivity index (χ1) is 7.74. The monoisotopic (exact) mass is 349 g/mol. The first-order valence-electron chi connectivity index (χ1n) is 5.52. The topological polar surface area (TPSA) is 35.2 Å². The van der Waals surface area contributed by atoms with E-state index in [2.05, 4.69) is 31.9 Å². The predicted molar refractivity (Wildman–Crippen MR) is 74.9 cm³/mol. The van der Waals surface area contributed by atoms with Crippen LogP contribution in [-0.4, -0.2) is 13.2 Å². The van der Waals surface area contributed by atoms with Crippen LogP contribution in [0.15, 0.2) is 27.1 Å². The van der Waals surface area contributed by atoms with Gasteiger partial charge >= 0.3 is 0 Å². The number of unbranched alkanes of at least 4 members (excludes halogenated alkanes) is 3. The summed E-state index contributed by atoms with van der Waals surface area (Å²) >= 11 is 6.88. The highest BCUT2D eigenvalue weighted by Gasteiger charge is 2.00. The SMILES string of the molecule is NCCCCCCOc1ccc(Br)cc1Br. The fourth-order valence-electron chi connectivity index (χ4n) is 1.37. The molecule has 0 fully saturated rings. The van der Waals surface area contributed by atoms with Crippen molar-refractivity contribution >= 4 is 31.9 Å². The van der Waals surface area contributed by atoms with Crippen molar-refractivity contribution < 1.29 is 4.74 Å². The molecule has 2 nitrogen and oxygen atoms in total. The second-order valence-electron chi connectivity index (χ2n) is 3.63. The standard InChI is InChI=1S/C12H17Br2NO/c13-10-5-6-12(11(14)9-10)16-8-4-2-1-3-7-15/h5-6,9H,1-4,7-8,15H2. The lowest BCUT2D eigenvalue weighted by Gasteiger charge is -2.08. The Kier molecular flexibility index (Phi) is 7.08. The summed E-state index contributed by atoms with van der Waals surface area (Å²) in [6.07, 6.45) is 4.58. The first kappa shape index (κ1) is 14.0. The zero-order chi connectivity index (χ0) is 11.8. The average molecular weight is 351 g/mol. The molecule has 0 amide bonds. The molecule has 0 saturated carbocycles. The molecule has 2 N–H and O–H groups in total. The Balaban J connectivity index is 2.21. The van der Waals surface area contributed by atoms with E-state index >= 15 is 0 Å². The summed E-state index contributed by atoms with van der Waals surface area (Å²) in [5.41, 5.74) is 5.43. The molecule has 0 radical (unpaired) electrons. The maximum absolute atomic E-state index is 5.67. The minimum atomic E-state index is 0.769. The van der Waals surface area contributed by atoms with Crippen LogP contribution in [0, 0.1) is 0 Å². The number of benzene rings is 1. The quantitative estimate of drug-likeness (QED) is 0.751. The lowest BCUT2D eigenvalue weighted by molar-refractivity contribution is 0.303. The number of hydrogen-bond donors (Lipinski definition) is 1. The molecule has 4 heteroatoms. The van der Waals surface area contributed by atoms with Gasteiger partial charge in [0, 0.05) is 4.47 Å². The maximum Gasteiger partial charge on any atom is 0.133 e. The van der Waals surface area contributed by atoms with E-state index in [0.717, 1.165) is 40.7 Å². The van der Waals surface area contributed by atoms with Crippen LogP contribution in [0.4, 0.5) is 0 Å². The van der Waals surface area contributed by atoms with Crippen LogP contribution in [0.1, 0.15) is 25.7 Å². The van der Waals surface area contributed by atoms with E-state index in [1.807, 2.05) is 18.2 Å². The molecule has 1 aromatic carbocycles. The fraction of sp³-hybridized carbons (Fsp3) is 0.500. The van der Waals surface area contributed by atoms with Crippen LogP contribution in [0.5, 0.6) is 5.75 Å². The van der Waals surface area contributed by atoms with Gasteiger partial charge in [-0.15, -0.1) is 0 Å². The number of hydrogen-bond acceptors (Lipinski definition) is 2. The van der Waals surface area contributed by atoms with Crippen LogP contribution in [0.25, 0.3) is 0 Å². The third-order valence-corrected chi connectivity index (χ3v) is 3.36. The Labute approximate surface area is 114 Å². The molecule has 0 aromatic heterocycles. The molecule has 90 valence electrons. The van der Waals surface area contributed by atoms with E-state index in [1.54, 1.807) is 0 Å². The molecule has 1 aromatic rings. The Hall–Kier alpha value is -0.0600. The van der Waals surface area contributed by atoms with E-state index in [9.17, 15) is 0 Å². The minimum Gasteiger partial charge on any atom is -0.492 e. The van der Waals surface area contributed by atoms with Crippen molar-refractivity contribution in [2.75, 3.05) is 13.2 Å². The Morgan fingerprint density at radius 3 is 2.50 bits per heavy atom. The highest BCUT2D eigenvalue weighted by atomic mass is 79.9. The average Bonchev–Trinajstić information content (AvgIpc) is 2.26. The van der Waals surface area contributed by atoms with Crippen molar-refractivity contribution in [3.63, 3.8) is 0 Å². The van der Waals surface area contributed by atoms with Gasteiger partial charge in [-0.2, -0.15) is 0 Å². The van der Waals surface area contributed by atoms with E-state index in [1.165, 1.54) is 12.8 Å². The second-order valence-corrected chi connectivity index (χ2v) is 5.40. The van der Waals surface area contributed by atoms with Crippen molar-refractivity contribution in [2.45, 2.75) is 25.7 Å². The van der Waals surface area contributed by atoms with Crippen molar-refractivity contribution in [1.29, 1.82) is 0 Å². The summed E-state index contributed by atoms with van der Waals surface area (Å²) in [6, 6.07) is 5.94. The lowest BCUT2D eigenvalue weighted by Crippen LogP contribution is -2.00. The lowest BCUT2D eigenvalue weighted by atomic mass is 10.2. The maximum atomic E-state index is 5.67. The number of rotatable bonds is 7. The highest BCUT2D eigenvalue weighted by Crippen LogP contribution is 2.28. The van der Waals surface area contributed by atoms with Gasteiger partial charge in [-0.25, -0.2) is 0 Å². The summed E-state index contributed by atoms with van der Waals surface area (Å²) in [5, 5.41) is 0. The smallest absolute Gasteiger partial charge is 0.133 e. The van der Waals surface area contributed by atoms with Gasteiger partial charge in [-0.3, -0.25) is 0 Å². The molecule has 0 unspecified atom stereocenters. The van der Waals surface area contributed by atoms with Crippen LogP contribution < -0.4 is 10.5 Å². The summed E-state index contributed by atoms with van der Waals surface area (Å²) in [5.74, 6) is 0.905. The number of ether oxygens (including phenoxy) is 1. The normalized spacial score (nSPS) is 10.4. The van der Waals surface area contributed by atoms with E-state index in [-0.39, 0.29) is 0 Å². The van der Waals surface area contributed by atoms with Gasteiger partial charge in [-0.1, -0.05) is 28.8 Å². The van der Waals surface area contributed by atoms with Gasteiger partial charge in [0.25, 0.3) is 0 Å².